The van der Waals surface area contributed by atoms with E-state index >= 15 is 0 Å². The van der Waals surface area contributed by atoms with E-state index in [-0.39, 0.29) is 18.0 Å². The van der Waals surface area contributed by atoms with Crippen LogP contribution in [0.25, 0.3) is 0 Å². The summed E-state index contributed by atoms with van der Waals surface area (Å²) in [7, 11) is 0. The zero-order valence-electron chi connectivity index (χ0n) is 11.2. The second-order valence-electron chi connectivity index (χ2n) is 4.91. The molecule has 0 N–H and O–H groups in total. The number of ketones is 1. The van der Waals surface area contributed by atoms with Crippen LogP contribution in [0, 0.1) is 5.92 Å². The molecular weight excluding hydrogens is 216 g/mol. The number of allylic oxidation sites excluding steroid dienone is 1. The van der Waals surface area contributed by atoms with E-state index in [0.717, 1.165) is 25.9 Å². The maximum atomic E-state index is 11.1. The quantitative estimate of drug-likeness (QED) is 0.669. The van der Waals surface area contributed by atoms with Crippen molar-refractivity contribution in [3.8, 4) is 0 Å². The highest BCUT2D eigenvalue weighted by molar-refractivity contribution is 5.77. The Labute approximate surface area is 104 Å². The molecule has 0 aromatic carbocycles. The molecule has 3 nitrogen and oxygen atoms in total. The van der Waals surface area contributed by atoms with E-state index in [1.54, 1.807) is 6.92 Å². The Hall–Kier alpha value is -0.670. The van der Waals surface area contributed by atoms with Gasteiger partial charge in [-0.15, -0.1) is 0 Å². The van der Waals surface area contributed by atoms with Crippen molar-refractivity contribution >= 4 is 5.78 Å². The average Bonchev–Trinajstić information content (AvgIpc) is 2.34. The molecule has 1 heterocycles. The highest BCUT2D eigenvalue weighted by Crippen LogP contribution is 2.15. The number of rotatable bonds is 6. The molecule has 2 atom stereocenters. The van der Waals surface area contributed by atoms with Gasteiger partial charge in [0.15, 0.2) is 6.29 Å². The molecular formula is C14H24O3. The Morgan fingerprint density at radius 1 is 1.47 bits per heavy atom. The zero-order chi connectivity index (χ0) is 12.7. The van der Waals surface area contributed by atoms with Crippen LogP contribution in [0.4, 0.5) is 0 Å². The van der Waals surface area contributed by atoms with Crippen LogP contribution >= 0.6 is 0 Å². The zero-order valence-corrected chi connectivity index (χ0v) is 11.2. The topological polar surface area (TPSA) is 35.5 Å². The normalized spacial score (nSPS) is 23.5. The molecule has 0 bridgehead atoms. The van der Waals surface area contributed by atoms with Crippen molar-refractivity contribution in [3.63, 3.8) is 0 Å². The molecule has 1 unspecified atom stereocenters. The van der Waals surface area contributed by atoms with E-state index in [2.05, 4.69) is 6.08 Å². The van der Waals surface area contributed by atoms with Gasteiger partial charge >= 0.3 is 0 Å². The Kier molecular flexibility index (Phi) is 6.45. The highest BCUT2D eigenvalue weighted by Gasteiger charge is 2.13. The summed E-state index contributed by atoms with van der Waals surface area (Å²) < 4.78 is 11.2. The van der Waals surface area contributed by atoms with Crippen molar-refractivity contribution in [3.05, 3.63) is 11.6 Å². The van der Waals surface area contributed by atoms with Gasteiger partial charge in [0.05, 0.1) is 6.61 Å². The number of ether oxygens (including phenoxy) is 2. The van der Waals surface area contributed by atoms with Gasteiger partial charge in [0, 0.05) is 12.5 Å². The van der Waals surface area contributed by atoms with Crippen LogP contribution in [0.2, 0.25) is 0 Å². The summed E-state index contributed by atoms with van der Waals surface area (Å²) in [6.07, 6.45) is 6.19. The van der Waals surface area contributed by atoms with Crippen molar-refractivity contribution in [2.45, 2.75) is 52.7 Å². The molecule has 17 heavy (non-hydrogen) atoms. The monoisotopic (exact) mass is 240 g/mol. The van der Waals surface area contributed by atoms with E-state index in [4.69, 9.17) is 9.47 Å². The molecule has 1 saturated heterocycles. The molecule has 0 radical (unpaired) electrons. The van der Waals surface area contributed by atoms with Gasteiger partial charge in [0.25, 0.3) is 0 Å². The number of carbonyl (C=O) groups excluding carboxylic acids is 1. The van der Waals surface area contributed by atoms with Crippen molar-refractivity contribution in [1.29, 1.82) is 0 Å². The van der Waals surface area contributed by atoms with Gasteiger partial charge in [0.1, 0.15) is 5.78 Å². The Morgan fingerprint density at radius 3 is 2.82 bits per heavy atom. The summed E-state index contributed by atoms with van der Waals surface area (Å²) >= 11 is 0. The number of hydrogen-bond acceptors (Lipinski definition) is 3. The summed E-state index contributed by atoms with van der Waals surface area (Å²) in [5.74, 6) is 0.349. The van der Waals surface area contributed by atoms with Crippen molar-refractivity contribution in [2.24, 2.45) is 5.92 Å². The summed E-state index contributed by atoms with van der Waals surface area (Å²) in [5, 5.41) is 0. The Bertz CT molecular complexity index is 265. The standard InChI is InChI=1S/C14H24O3/c1-11(7-8-12(2)13(3)15)10-17-14-6-4-5-9-16-14/h7,12,14H,4-6,8-10H2,1-3H3/b11-7-/t12-,14?/m0/s1. The first-order valence-corrected chi connectivity index (χ1v) is 6.49. The van der Waals surface area contributed by atoms with Crippen molar-refractivity contribution < 1.29 is 14.3 Å². The van der Waals surface area contributed by atoms with Crippen molar-refractivity contribution in [2.75, 3.05) is 13.2 Å². The SMILES string of the molecule is CC(=O)[C@@H](C)C/C=C(/C)COC1CCCCO1. The minimum atomic E-state index is -0.0302. The maximum absolute atomic E-state index is 11.1. The minimum Gasteiger partial charge on any atom is -0.353 e. The van der Waals surface area contributed by atoms with Gasteiger partial charge in [-0.1, -0.05) is 18.6 Å². The second kappa shape index (κ2) is 7.62. The third-order valence-corrected chi connectivity index (χ3v) is 3.15. The van der Waals surface area contributed by atoms with Crippen LogP contribution < -0.4 is 0 Å². The smallest absolute Gasteiger partial charge is 0.158 e. The van der Waals surface area contributed by atoms with Gasteiger partial charge in [-0.2, -0.15) is 0 Å². The summed E-state index contributed by atoms with van der Waals surface area (Å²) in [4.78, 5) is 11.1. The molecule has 0 saturated carbocycles. The summed E-state index contributed by atoms with van der Waals surface area (Å²) in [6, 6.07) is 0. The van der Waals surface area contributed by atoms with E-state index in [9.17, 15) is 4.79 Å². The molecule has 1 aliphatic heterocycles. The molecule has 0 aromatic rings. The molecule has 1 fully saturated rings. The molecule has 1 rings (SSSR count). The van der Waals surface area contributed by atoms with E-state index in [1.165, 1.54) is 12.0 Å². The molecule has 98 valence electrons. The third kappa shape index (κ3) is 5.99. The highest BCUT2D eigenvalue weighted by atomic mass is 16.7. The van der Waals surface area contributed by atoms with Crippen LogP contribution in [0.3, 0.4) is 0 Å². The lowest BCUT2D eigenvalue weighted by Gasteiger charge is -2.22. The lowest BCUT2D eigenvalue weighted by Crippen LogP contribution is -2.22. The molecule has 0 amide bonds. The van der Waals surface area contributed by atoms with Crippen LogP contribution in [0.15, 0.2) is 11.6 Å². The molecule has 1 aliphatic rings. The average molecular weight is 240 g/mol. The van der Waals surface area contributed by atoms with Crippen LogP contribution in [-0.4, -0.2) is 25.3 Å². The van der Waals surface area contributed by atoms with Gasteiger partial charge in [0.2, 0.25) is 0 Å². The number of carbonyl (C=O) groups is 1. The first-order valence-electron chi connectivity index (χ1n) is 6.49. The first kappa shape index (κ1) is 14.4. The third-order valence-electron chi connectivity index (χ3n) is 3.15. The molecule has 0 aromatic heterocycles. The van der Waals surface area contributed by atoms with E-state index in [0.29, 0.717) is 6.61 Å². The fourth-order valence-corrected chi connectivity index (χ4v) is 1.67. The number of Topliss-reactive ketones (excluding diaryl/α,β-unsaturated/α-hetero) is 1. The van der Waals surface area contributed by atoms with Gasteiger partial charge in [-0.25, -0.2) is 0 Å². The second-order valence-corrected chi connectivity index (χ2v) is 4.91. The first-order chi connectivity index (χ1) is 8.09. The number of hydrogen-bond donors (Lipinski definition) is 0. The maximum Gasteiger partial charge on any atom is 0.158 e. The van der Waals surface area contributed by atoms with Crippen LogP contribution in [0.1, 0.15) is 46.5 Å². The van der Waals surface area contributed by atoms with E-state index in [1.807, 2.05) is 13.8 Å². The fourth-order valence-electron chi connectivity index (χ4n) is 1.67. The molecule has 0 spiro atoms. The summed E-state index contributed by atoms with van der Waals surface area (Å²) in [5.41, 5.74) is 1.17. The van der Waals surface area contributed by atoms with Gasteiger partial charge in [-0.05, 0) is 39.5 Å². The Balaban J connectivity index is 2.21. The Morgan fingerprint density at radius 2 is 2.24 bits per heavy atom. The lowest BCUT2D eigenvalue weighted by atomic mass is 10.0. The van der Waals surface area contributed by atoms with Crippen LogP contribution in [-0.2, 0) is 14.3 Å². The van der Waals surface area contributed by atoms with E-state index < -0.39 is 0 Å². The minimum absolute atomic E-state index is 0.0302. The van der Waals surface area contributed by atoms with Crippen molar-refractivity contribution in [1.82, 2.24) is 0 Å². The largest absolute Gasteiger partial charge is 0.353 e. The fraction of sp³-hybridized carbons (Fsp3) is 0.786. The predicted molar refractivity (Wildman–Crippen MR) is 67.8 cm³/mol. The molecule has 0 aliphatic carbocycles. The molecule has 3 heteroatoms. The van der Waals surface area contributed by atoms with Gasteiger partial charge in [-0.3, -0.25) is 4.79 Å². The lowest BCUT2D eigenvalue weighted by molar-refractivity contribution is -0.156. The predicted octanol–water partition coefficient (Wildman–Crippen LogP) is 3.09. The van der Waals surface area contributed by atoms with Gasteiger partial charge < -0.3 is 9.47 Å². The van der Waals surface area contributed by atoms with Crippen LogP contribution in [0.5, 0.6) is 0 Å². The summed E-state index contributed by atoms with van der Waals surface area (Å²) in [6.45, 7) is 7.05.